The average molecular weight is 1330 g/mol. The molecule has 4 aliphatic heterocycles. The summed E-state index contributed by atoms with van der Waals surface area (Å²) in [7, 11) is 0. The van der Waals surface area contributed by atoms with Gasteiger partial charge < -0.3 is 44.5 Å². The molecule has 94 heavy (non-hydrogen) atoms. The Hall–Kier alpha value is -7.75. The number of anilines is 2. The molecule has 0 spiro atoms. The number of benzene rings is 4. The standard InChI is InChI=1S/C70H85ClF2N10O10S/c1-39-16-12-13-18-47(39)42-21-19-41(20-22-42)40(2)75-62(86)53-32-46(84)37-82(53)64(87)60(68(3,4)5)76-54(85)27-31-90-30-15-29-80-28-14-17-45(80)38-91-65-77-58-49(61(78-65)81-35-43-23-24-44(36-81)83(43)67(89)93-70(9,10)11)33-51(71)56(57(58)73)48-25-26-52(72)59-55(48)50(34-74)63(94-59)79-66(88)92-69(6,7)8/h12-13,16,18-22,25-26,33,40,43-46,53,60,84H,14-15,17,23-24,27-32,35-38H2,1-11H3,(H,75,86)(H,76,85)(H,79,88)/t40-,43?,44?,45?,46+,53-,60+/m0/s1. The number of likely N-dealkylation sites (tertiary alicyclic amines) is 2. The Labute approximate surface area is 556 Å². The Bertz CT molecular complexity index is 3870. The predicted molar refractivity (Wildman–Crippen MR) is 358 cm³/mol. The van der Waals surface area contributed by atoms with Gasteiger partial charge >= 0.3 is 18.2 Å². The fraction of sp³-hybridized carbons (Fsp3) is 0.514. The second-order valence-corrected chi connectivity index (χ2v) is 29.5. The maximum Gasteiger partial charge on any atom is 0.412 e. The number of aliphatic hydroxyl groups excluding tert-OH is 1. The first-order chi connectivity index (χ1) is 44.5. The number of halogens is 3. The maximum atomic E-state index is 17.9. The summed E-state index contributed by atoms with van der Waals surface area (Å²) in [5.74, 6) is -2.48. The second kappa shape index (κ2) is 28.3. The van der Waals surface area contributed by atoms with E-state index < -0.39 is 76.3 Å². The van der Waals surface area contributed by atoms with Crippen LogP contribution in [0.4, 0.5) is 29.2 Å². The predicted octanol–water partition coefficient (Wildman–Crippen LogP) is 12.2. The molecule has 2 aromatic heterocycles. The van der Waals surface area contributed by atoms with Crippen molar-refractivity contribution in [3.05, 3.63) is 100 Å². The summed E-state index contributed by atoms with van der Waals surface area (Å²) in [6.07, 6.45) is 1.56. The van der Waals surface area contributed by atoms with E-state index in [1.165, 1.54) is 11.0 Å². The number of carbonyl (C=O) groups excluding carboxylic acids is 5. The van der Waals surface area contributed by atoms with Crippen LogP contribution < -0.4 is 25.6 Å². The highest BCUT2D eigenvalue weighted by atomic mass is 35.5. The molecule has 0 aliphatic carbocycles. The van der Waals surface area contributed by atoms with Gasteiger partial charge in [0.25, 0.3) is 0 Å². The summed E-state index contributed by atoms with van der Waals surface area (Å²) >= 11 is 7.92. The summed E-state index contributed by atoms with van der Waals surface area (Å²) in [6, 6.07) is 19.2. The number of aryl methyl sites for hydroxylation is 1. The summed E-state index contributed by atoms with van der Waals surface area (Å²) in [6.45, 7) is 22.6. The van der Waals surface area contributed by atoms with Crippen molar-refractivity contribution in [1.82, 2.24) is 35.3 Å². The van der Waals surface area contributed by atoms with Gasteiger partial charge in [-0.05, 0) is 139 Å². The third-order valence-electron chi connectivity index (χ3n) is 17.6. The van der Waals surface area contributed by atoms with E-state index >= 15 is 8.78 Å². The highest BCUT2D eigenvalue weighted by Crippen LogP contribution is 2.47. The highest BCUT2D eigenvalue weighted by Gasteiger charge is 2.47. The zero-order valence-electron chi connectivity index (χ0n) is 55.3. The van der Waals surface area contributed by atoms with Gasteiger partial charge in [0.2, 0.25) is 17.7 Å². The molecule has 0 radical (unpaired) electrons. The number of nitrogens with zero attached hydrogens (tertiary/aromatic N) is 7. The quantitative estimate of drug-likeness (QED) is 0.0551. The Balaban J connectivity index is 0.786. The number of thiophene rings is 1. The molecule has 10 rings (SSSR count). The minimum Gasteiger partial charge on any atom is -0.462 e. The van der Waals surface area contributed by atoms with Gasteiger partial charge in [-0.25, -0.2) is 18.4 Å². The normalized spacial score (nSPS) is 19.9. The first-order valence-electron chi connectivity index (χ1n) is 32.3. The van der Waals surface area contributed by atoms with Gasteiger partial charge in [0.05, 0.1) is 46.1 Å². The molecule has 4 fully saturated rings. The number of carbonyl (C=O) groups is 5. The number of rotatable bonds is 19. The van der Waals surface area contributed by atoms with Crippen molar-refractivity contribution in [2.24, 2.45) is 5.41 Å². The molecule has 7 atom stereocenters. The molecule has 4 N–H and O–H groups in total. The Kier molecular flexibility index (Phi) is 20.8. The molecule has 6 heterocycles. The van der Waals surface area contributed by atoms with Gasteiger partial charge in [0.15, 0.2) is 5.82 Å². The molecule has 4 aromatic carbocycles. The minimum absolute atomic E-state index is 0.00771. The number of ether oxygens (including phenoxy) is 4. The van der Waals surface area contributed by atoms with Crippen molar-refractivity contribution < 1.29 is 56.8 Å². The van der Waals surface area contributed by atoms with Crippen molar-refractivity contribution >= 4 is 84.7 Å². The highest BCUT2D eigenvalue weighted by molar-refractivity contribution is 7.23. The van der Waals surface area contributed by atoms with Crippen LogP contribution in [0.25, 0.3) is 43.2 Å². The lowest BCUT2D eigenvalue weighted by atomic mass is 9.85. The first kappa shape index (κ1) is 69.1. The number of fused-ring (bicyclic) bond motifs is 4. The van der Waals surface area contributed by atoms with Crippen molar-refractivity contribution in [3.63, 3.8) is 0 Å². The summed E-state index contributed by atoms with van der Waals surface area (Å²) in [4.78, 5) is 85.4. The third-order valence-corrected chi connectivity index (χ3v) is 19.0. The smallest absolute Gasteiger partial charge is 0.412 e. The van der Waals surface area contributed by atoms with Crippen LogP contribution in [0.3, 0.4) is 0 Å². The topological polar surface area (TPSA) is 241 Å². The summed E-state index contributed by atoms with van der Waals surface area (Å²) in [5.41, 5.74) is 1.57. The van der Waals surface area contributed by atoms with Crippen LogP contribution in [-0.2, 0) is 28.6 Å². The van der Waals surface area contributed by atoms with Gasteiger partial charge in [0, 0.05) is 68.0 Å². The molecular formula is C70H85ClF2N10O10S. The number of β-amino-alcohol motifs (C(OH)–C–C–N with tert-alkyl or cyclic N) is 1. The molecule has 6 aromatic rings. The summed E-state index contributed by atoms with van der Waals surface area (Å²) in [5, 5.41) is 30.1. The lowest BCUT2D eigenvalue weighted by Crippen LogP contribution is -2.58. The number of nitrogens with one attached hydrogen (secondary N) is 3. The Morgan fingerprint density at radius 2 is 1.57 bits per heavy atom. The maximum absolute atomic E-state index is 17.9. The monoisotopic (exact) mass is 1330 g/mol. The summed E-state index contributed by atoms with van der Waals surface area (Å²) < 4.78 is 57.3. The zero-order chi connectivity index (χ0) is 67.7. The third kappa shape index (κ3) is 15.6. The second-order valence-electron chi connectivity index (χ2n) is 28.1. The molecule has 502 valence electrons. The van der Waals surface area contributed by atoms with E-state index in [1.807, 2.05) is 89.8 Å². The van der Waals surface area contributed by atoms with E-state index in [2.05, 4.69) is 46.0 Å². The number of nitriles is 1. The van der Waals surface area contributed by atoms with Crippen LogP contribution in [0.15, 0.2) is 66.7 Å². The van der Waals surface area contributed by atoms with E-state index in [-0.39, 0.29) is 110 Å². The average Bonchev–Trinajstić information content (AvgIpc) is 1.30. The van der Waals surface area contributed by atoms with E-state index in [0.29, 0.717) is 51.3 Å². The molecule has 20 nitrogen and oxygen atoms in total. The van der Waals surface area contributed by atoms with Crippen LogP contribution in [0.2, 0.25) is 5.02 Å². The fourth-order valence-electron chi connectivity index (χ4n) is 13.2. The van der Waals surface area contributed by atoms with Crippen molar-refractivity contribution in [2.45, 2.75) is 175 Å². The van der Waals surface area contributed by atoms with Crippen LogP contribution in [0.1, 0.15) is 137 Å². The lowest BCUT2D eigenvalue weighted by molar-refractivity contribution is -0.144. The van der Waals surface area contributed by atoms with E-state index in [9.17, 15) is 34.3 Å². The van der Waals surface area contributed by atoms with E-state index in [1.54, 1.807) is 31.7 Å². The number of amides is 5. The van der Waals surface area contributed by atoms with Gasteiger partial charge in [-0.2, -0.15) is 15.2 Å². The van der Waals surface area contributed by atoms with Crippen LogP contribution in [0, 0.1) is 35.3 Å². The Morgan fingerprint density at radius 1 is 0.872 bits per heavy atom. The van der Waals surface area contributed by atoms with Gasteiger partial charge in [-0.15, -0.1) is 11.3 Å². The van der Waals surface area contributed by atoms with E-state index in [0.717, 1.165) is 59.0 Å². The molecule has 0 saturated carbocycles. The number of hydrogen-bond acceptors (Lipinski definition) is 16. The molecule has 2 bridgehead atoms. The van der Waals surface area contributed by atoms with Crippen molar-refractivity contribution in [3.8, 4) is 34.3 Å². The number of aliphatic hydroxyl groups is 1. The number of aromatic nitrogens is 2. The fourth-order valence-corrected chi connectivity index (χ4v) is 14.5. The van der Waals surface area contributed by atoms with Crippen molar-refractivity contribution in [1.29, 1.82) is 5.26 Å². The Morgan fingerprint density at radius 3 is 2.24 bits per heavy atom. The molecular weight excluding hydrogens is 1250 g/mol. The molecule has 5 amide bonds. The zero-order valence-corrected chi connectivity index (χ0v) is 56.9. The van der Waals surface area contributed by atoms with Gasteiger partial charge in [-0.1, -0.05) is 87.0 Å². The van der Waals surface area contributed by atoms with Crippen LogP contribution >= 0.6 is 22.9 Å². The van der Waals surface area contributed by atoms with Gasteiger partial charge in [-0.3, -0.25) is 29.5 Å². The largest absolute Gasteiger partial charge is 0.462 e. The SMILES string of the molecule is Cc1ccccc1-c1ccc([C@H](C)NC(=O)[C@@H]2C[C@@H](O)CN2C(=O)[C@@H](NC(=O)CCOCCCN2CCCC2COc2nc(N3CC4CCC(C3)N4C(=O)OC(C)(C)C)c3cc(Cl)c(-c4ccc(F)c5sc(NC(=O)OC(C)(C)C)c(C#N)c45)c(F)c3n2)C(C)(C)C)cc1. The molecule has 24 heteroatoms. The molecule has 4 aliphatic rings. The molecule has 3 unspecified atom stereocenters. The van der Waals surface area contributed by atoms with E-state index in [4.69, 9.17) is 40.5 Å². The van der Waals surface area contributed by atoms with Crippen LogP contribution in [0.5, 0.6) is 6.01 Å². The number of piperazine rings is 1. The number of hydrogen-bond donors (Lipinski definition) is 4. The lowest BCUT2D eigenvalue weighted by Gasteiger charge is -2.42. The first-order valence-corrected chi connectivity index (χ1v) is 33.5. The molecule has 4 saturated heterocycles. The van der Waals surface area contributed by atoms with Gasteiger partial charge in [0.1, 0.15) is 58.1 Å². The van der Waals surface area contributed by atoms with Crippen molar-refractivity contribution in [2.75, 3.05) is 62.8 Å². The van der Waals surface area contributed by atoms with Crippen LogP contribution in [-0.4, -0.2) is 160 Å². The minimum atomic E-state index is -0.997.